The van der Waals surface area contributed by atoms with Crippen molar-refractivity contribution in [3.8, 4) is 5.06 Å². The van der Waals surface area contributed by atoms with Gasteiger partial charge in [0, 0.05) is 50.2 Å². The lowest BCUT2D eigenvalue weighted by Crippen LogP contribution is -2.49. The lowest BCUT2D eigenvalue weighted by atomic mass is 10.1. The monoisotopic (exact) mass is 379 g/mol. The van der Waals surface area contributed by atoms with Gasteiger partial charge in [0.2, 0.25) is 0 Å². The summed E-state index contributed by atoms with van der Waals surface area (Å²) in [5.74, 6) is 0. The minimum absolute atomic E-state index is 0.149. The zero-order valence-corrected chi connectivity index (χ0v) is 16.6. The molecular formula is C19H29N3O3S. The summed E-state index contributed by atoms with van der Waals surface area (Å²) in [7, 11) is 0. The lowest BCUT2D eigenvalue weighted by Gasteiger charge is -2.34. The van der Waals surface area contributed by atoms with Crippen molar-refractivity contribution < 1.29 is 14.3 Å². The molecule has 7 heteroatoms. The highest BCUT2D eigenvalue weighted by molar-refractivity contribution is 7.14. The summed E-state index contributed by atoms with van der Waals surface area (Å²) in [6.07, 6.45) is 2.33. The minimum atomic E-state index is 0.149. The first-order valence-electron chi connectivity index (χ1n) is 9.74. The van der Waals surface area contributed by atoms with Crippen molar-refractivity contribution in [2.45, 2.75) is 45.4 Å². The van der Waals surface area contributed by atoms with Crippen LogP contribution >= 0.6 is 11.3 Å². The maximum atomic E-state index is 12.7. The number of thiophene rings is 1. The van der Waals surface area contributed by atoms with Crippen LogP contribution in [0.15, 0.2) is 6.07 Å². The van der Waals surface area contributed by atoms with Gasteiger partial charge < -0.3 is 19.3 Å². The Morgan fingerprint density at radius 3 is 2.77 bits per heavy atom. The van der Waals surface area contributed by atoms with Crippen LogP contribution in [0.2, 0.25) is 0 Å². The molecular weight excluding hydrogens is 350 g/mol. The smallest absolute Gasteiger partial charge is 0.320 e. The number of hydrogen-bond donors (Lipinski definition) is 0. The van der Waals surface area contributed by atoms with Crippen LogP contribution in [-0.4, -0.2) is 78.8 Å². The second kappa shape index (κ2) is 7.74. The topological polar surface area (TPSA) is 45.2 Å². The molecule has 1 atom stereocenters. The Morgan fingerprint density at radius 1 is 1.23 bits per heavy atom. The number of nitrogens with zero attached hydrogens (tertiary/aromatic N) is 3. The molecule has 144 valence electrons. The van der Waals surface area contributed by atoms with Crippen molar-refractivity contribution in [3.05, 3.63) is 16.5 Å². The Morgan fingerprint density at radius 2 is 2.04 bits per heavy atom. The Balaban J connectivity index is 1.36. The van der Waals surface area contributed by atoms with Gasteiger partial charge in [-0.25, -0.2) is 4.79 Å². The normalized spacial score (nSPS) is 24.2. The summed E-state index contributed by atoms with van der Waals surface area (Å²) in [6, 6.07) is 2.90. The molecule has 4 heterocycles. The molecule has 1 unspecified atom stereocenters. The van der Waals surface area contributed by atoms with E-state index < -0.39 is 0 Å². The second-order valence-corrected chi connectivity index (χ2v) is 8.78. The predicted molar refractivity (Wildman–Crippen MR) is 102 cm³/mol. The van der Waals surface area contributed by atoms with Crippen LogP contribution in [0.25, 0.3) is 0 Å². The van der Waals surface area contributed by atoms with Crippen molar-refractivity contribution >= 4 is 17.4 Å². The fourth-order valence-electron chi connectivity index (χ4n) is 3.97. The average molecular weight is 380 g/mol. The van der Waals surface area contributed by atoms with Gasteiger partial charge in [-0.05, 0) is 38.3 Å². The molecule has 6 nitrogen and oxygen atoms in total. The van der Waals surface area contributed by atoms with E-state index >= 15 is 0 Å². The van der Waals surface area contributed by atoms with Crippen LogP contribution in [0.1, 0.15) is 30.7 Å². The molecule has 0 radical (unpaired) electrons. The number of hydrogen-bond acceptors (Lipinski definition) is 5. The average Bonchev–Trinajstić information content (AvgIpc) is 3.28. The molecule has 4 rings (SSSR count). The molecule has 3 aliphatic rings. The van der Waals surface area contributed by atoms with Crippen LogP contribution in [0.4, 0.5) is 4.79 Å². The van der Waals surface area contributed by atoms with Crippen molar-refractivity contribution in [3.63, 3.8) is 0 Å². The van der Waals surface area contributed by atoms with Gasteiger partial charge in [-0.3, -0.25) is 4.90 Å². The highest BCUT2D eigenvalue weighted by atomic mass is 32.1. The van der Waals surface area contributed by atoms with E-state index in [2.05, 4.69) is 24.8 Å². The minimum Gasteiger partial charge on any atom is -0.479 e. The summed E-state index contributed by atoms with van der Waals surface area (Å²) in [4.78, 5) is 20.5. The van der Waals surface area contributed by atoms with E-state index in [9.17, 15) is 4.79 Å². The highest BCUT2D eigenvalue weighted by Gasteiger charge is 2.29. The van der Waals surface area contributed by atoms with Gasteiger partial charge in [-0.2, -0.15) is 0 Å². The molecule has 26 heavy (non-hydrogen) atoms. The Kier molecular flexibility index (Phi) is 5.38. The van der Waals surface area contributed by atoms with E-state index in [1.807, 2.05) is 9.80 Å². The molecule has 0 N–H and O–H groups in total. The zero-order chi connectivity index (χ0) is 18.1. The van der Waals surface area contributed by atoms with E-state index in [4.69, 9.17) is 9.47 Å². The Hall–Kier alpha value is -1.31. The highest BCUT2D eigenvalue weighted by Crippen LogP contribution is 2.35. The number of amides is 2. The number of rotatable bonds is 3. The molecule has 2 fully saturated rings. The zero-order valence-electron chi connectivity index (χ0n) is 15.8. The second-order valence-electron chi connectivity index (χ2n) is 7.68. The van der Waals surface area contributed by atoms with Crippen LogP contribution in [0, 0.1) is 0 Å². The quantitative estimate of drug-likeness (QED) is 0.809. The SMILES string of the molecule is CC(C)N1CCC(Oc2cc3c(s2)CCN(C(=O)N2CCOCC2)C3)C1. The molecule has 0 bridgehead atoms. The van der Waals surface area contributed by atoms with Gasteiger partial charge in [-0.15, -0.1) is 11.3 Å². The van der Waals surface area contributed by atoms with Crippen molar-refractivity contribution in [2.24, 2.45) is 0 Å². The first-order chi connectivity index (χ1) is 12.6. The van der Waals surface area contributed by atoms with E-state index in [-0.39, 0.29) is 6.03 Å². The summed E-state index contributed by atoms with van der Waals surface area (Å²) in [5.41, 5.74) is 1.26. The summed E-state index contributed by atoms with van der Waals surface area (Å²) >= 11 is 1.77. The maximum Gasteiger partial charge on any atom is 0.320 e. The third-order valence-electron chi connectivity index (χ3n) is 5.59. The molecule has 3 aliphatic heterocycles. The number of carbonyl (C=O) groups excluding carboxylic acids is 1. The fraction of sp³-hybridized carbons (Fsp3) is 0.737. The van der Waals surface area contributed by atoms with Crippen molar-refractivity contribution in [1.29, 1.82) is 0 Å². The predicted octanol–water partition coefficient (Wildman–Crippen LogP) is 2.42. The van der Waals surface area contributed by atoms with Crippen LogP contribution < -0.4 is 4.74 Å². The van der Waals surface area contributed by atoms with E-state index in [1.54, 1.807) is 11.3 Å². The number of urea groups is 1. The molecule has 1 aromatic heterocycles. The van der Waals surface area contributed by atoms with Gasteiger partial charge in [0.05, 0.1) is 13.2 Å². The summed E-state index contributed by atoms with van der Waals surface area (Å²) < 4.78 is 11.6. The molecule has 2 amide bonds. The Bertz CT molecular complexity index is 642. The molecule has 0 saturated carbocycles. The van der Waals surface area contributed by atoms with Gasteiger partial charge >= 0.3 is 6.03 Å². The van der Waals surface area contributed by atoms with Gasteiger partial charge in [0.15, 0.2) is 5.06 Å². The molecule has 0 aliphatic carbocycles. The maximum absolute atomic E-state index is 12.7. The van der Waals surface area contributed by atoms with Crippen LogP contribution in [0.5, 0.6) is 5.06 Å². The first kappa shape index (κ1) is 18.1. The van der Waals surface area contributed by atoms with E-state index in [1.165, 1.54) is 10.4 Å². The van der Waals surface area contributed by atoms with Crippen LogP contribution in [-0.2, 0) is 17.7 Å². The van der Waals surface area contributed by atoms with Gasteiger partial charge in [-0.1, -0.05) is 0 Å². The van der Waals surface area contributed by atoms with Gasteiger partial charge in [0.25, 0.3) is 0 Å². The van der Waals surface area contributed by atoms with Gasteiger partial charge in [0.1, 0.15) is 6.10 Å². The molecule has 1 aromatic rings. The van der Waals surface area contributed by atoms with Crippen LogP contribution in [0.3, 0.4) is 0 Å². The number of fused-ring (bicyclic) bond motifs is 1. The lowest BCUT2D eigenvalue weighted by molar-refractivity contribution is 0.0422. The number of morpholine rings is 1. The van der Waals surface area contributed by atoms with E-state index in [0.29, 0.717) is 45.0 Å². The van der Waals surface area contributed by atoms with Crippen molar-refractivity contribution in [1.82, 2.24) is 14.7 Å². The largest absolute Gasteiger partial charge is 0.479 e. The fourth-order valence-corrected chi connectivity index (χ4v) is 5.04. The summed E-state index contributed by atoms with van der Waals surface area (Å²) in [6.45, 7) is 10.8. The Labute approximate surface area is 159 Å². The van der Waals surface area contributed by atoms with Crippen molar-refractivity contribution in [2.75, 3.05) is 45.9 Å². The molecule has 2 saturated heterocycles. The number of ether oxygens (including phenoxy) is 2. The number of likely N-dealkylation sites (tertiary alicyclic amines) is 1. The molecule has 0 aromatic carbocycles. The first-order valence-corrected chi connectivity index (χ1v) is 10.6. The standard InChI is InChI=1S/C19H29N3O3S/c1-14(2)21-5-3-16(13-21)25-18-11-15-12-22(6-4-17(15)26-18)19(23)20-7-9-24-10-8-20/h11,14,16H,3-10,12-13H2,1-2H3. The third-order valence-corrected chi connectivity index (χ3v) is 6.71. The third kappa shape index (κ3) is 3.85. The summed E-state index contributed by atoms with van der Waals surface area (Å²) in [5, 5.41) is 1.02. The van der Waals surface area contributed by atoms with E-state index in [0.717, 1.165) is 37.5 Å². The molecule has 0 spiro atoms. The number of carbonyl (C=O) groups is 1.